The second-order valence-corrected chi connectivity index (χ2v) is 6.86. The van der Waals surface area contributed by atoms with Crippen LogP contribution in [0.15, 0.2) is 63.8 Å². The normalized spacial score (nSPS) is 15.1. The lowest BCUT2D eigenvalue weighted by molar-refractivity contribution is 0.0596. The highest BCUT2D eigenvalue weighted by Gasteiger charge is 2.25. The maximum atomic E-state index is 13.0. The average Bonchev–Trinajstić information content (AvgIpc) is 2.67. The Kier molecular flexibility index (Phi) is 4.67. The molecule has 0 N–H and O–H groups in total. The second-order valence-electron chi connectivity index (χ2n) is 6.86. The van der Waals surface area contributed by atoms with Crippen molar-refractivity contribution < 1.29 is 13.9 Å². The van der Waals surface area contributed by atoms with Gasteiger partial charge in [-0.25, -0.2) is 4.79 Å². The highest BCUT2D eigenvalue weighted by molar-refractivity contribution is 6.07. The first-order valence-electron chi connectivity index (χ1n) is 9.15. The maximum absolute atomic E-state index is 13.0. The molecular weight excluding hydrogens is 342 g/mol. The Labute approximate surface area is 157 Å². The van der Waals surface area contributed by atoms with Crippen LogP contribution in [-0.2, 0) is 0 Å². The first-order valence-corrected chi connectivity index (χ1v) is 9.15. The summed E-state index contributed by atoms with van der Waals surface area (Å²) in [6.07, 6.45) is 1.45. The third kappa shape index (κ3) is 3.72. The van der Waals surface area contributed by atoms with Gasteiger partial charge in [0.2, 0.25) is 0 Å². The van der Waals surface area contributed by atoms with Crippen molar-refractivity contribution in [2.45, 2.75) is 25.9 Å². The number of nitrogens with zero attached hydrogens (tertiary/aromatic N) is 1. The molecule has 1 aromatic heterocycles. The van der Waals surface area contributed by atoms with Gasteiger partial charge in [-0.1, -0.05) is 36.4 Å². The number of aryl methyl sites for hydroxylation is 1. The molecular formula is C22H21NO4. The molecule has 0 bridgehead atoms. The zero-order valence-electron chi connectivity index (χ0n) is 15.2. The van der Waals surface area contributed by atoms with E-state index in [1.807, 2.05) is 47.4 Å². The van der Waals surface area contributed by atoms with E-state index < -0.39 is 5.63 Å². The third-order valence-corrected chi connectivity index (χ3v) is 4.92. The Bertz CT molecular complexity index is 1030. The Hall–Kier alpha value is -3.08. The van der Waals surface area contributed by atoms with Gasteiger partial charge in [0.15, 0.2) is 0 Å². The Morgan fingerprint density at radius 3 is 2.59 bits per heavy atom. The molecule has 1 aliphatic heterocycles. The largest absolute Gasteiger partial charge is 0.490 e. The molecule has 0 aliphatic carbocycles. The highest BCUT2D eigenvalue weighted by atomic mass is 16.5. The number of piperidine rings is 1. The molecule has 138 valence electrons. The van der Waals surface area contributed by atoms with E-state index in [4.69, 9.17) is 9.15 Å². The second kappa shape index (κ2) is 7.27. The molecule has 0 saturated carbocycles. The summed E-state index contributed by atoms with van der Waals surface area (Å²) >= 11 is 0. The van der Waals surface area contributed by atoms with Crippen LogP contribution >= 0.6 is 0 Å². The van der Waals surface area contributed by atoms with E-state index in [9.17, 15) is 9.59 Å². The quantitative estimate of drug-likeness (QED) is 0.710. The SMILES string of the molecule is Cc1cc(OC2CCN(C(=O)c3cccc4ccccc34)CC2)cc(=O)o1. The van der Waals surface area contributed by atoms with Gasteiger partial charge in [-0.15, -0.1) is 0 Å². The molecule has 2 aromatic carbocycles. The molecule has 0 unspecified atom stereocenters. The van der Waals surface area contributed by atoms with Gasteiger partial charge in [0.05, 0.1) is 6.07 Å². The van der Waals surface area contributed by atoms with E-state index in [2.05, 4.69) is 0 Å². The average molecular weight is 363 g/mol. The Balaban J connectivity index is 1.44. The van der Waals surface area contributed by atoms with E-state index >= 15 is 0 Å². The monoisotopic (exact) mass is 363 g/mol. The summed E-state index contributed by atoms with van der Waals surface area (Å²) in [5.41, 5.74) is 0.331. The summed E-state index contributed by atoms with van der Waals surface area (Å²) < 4.78 is 10.9. The van der Waals surface area contributed by atoms with Crippen LogP contribution in [0.2, 0.25) is 0 Å². The predicted octanol–water partition coefficient (Wildman–Crippen LogP) is 3.79. The minimum absolute atomic E-state index is 0.0113. The molecule has 1 saturated heterocycles. The lowest BCUT2D eigenvalue weighted by atomic mass is 10.0. The van der Waals surface area contributed by atoms with Gasteiger partial charge in [0.25, 0.3) is 5.91 Å². The zero-order valence-corrected chi connectivity index (χ0v) is 15.2. The number of carbonyl (C=O) groups is 1. The number of ether oxygens (including phenoxy) is 1. The number of carbonyl (C=O) groups excluding carboxylic acids is 1. The van der Waals surface area contributed by atoms with Crippen molar-refractivity contribution in [2.75, 3.05) is 13.1 Å². The fourth-order valence-corrected chi connectivity index (χ4v) is 3.60. The number of fused-ring (bicyclic) bond motifs is 1. The molecule has 3 aromatic rings. The van der Waals surface area contributed by atoms with Gasteiger partial charge in [0.1, 0.15) is 17.6 Å². The van der Waals surface area contributed by atoms with Gasteiger partial charge in [-0.3, -0.25) is 4.79 Å². The van der Waals surface area contributed by atoms with Crippen LogP contribution in [0.4, 0.5) is 0 Å². The summed E-state index contributed by atoms with van der Waals surface area (Å²) in [5, 5.41) is 2.05. The molecule has 5 heteroatoms. The van der Waals surface area contributed by atoms with Crippen molar-refractivity contribution >= 4 is 16.7 Å². The summed E-state index contributed by atoms with van der Waals surface area (Å²) in [6.45, 7) is 2.99. The molecule has 0 spiro atoms. The van der Waals surface area contributed by atoms with Crippen LogP contribution in [0.3, 0.4) is 0 Å². The summed E-state index contributed by atoms with van der Waals surface area (Å²) in [6, 6.07) is 16.9. The topological polar surface area (TPSA) is 59.8 Å². The highest BCUT2D eigenvalue weighted by Crippen LogP contribution is 2.23. The molecule has 5 nitrogen and oxygen atoms in total. The smallest absolute Gasteiger partial charge is 0.339 e. The number of likely N-dealkylation sites (tertiary alicyclic amines) is 1. The molecule has 27 heavy (non-hydrogen) atoms. The van der Waals surface area contributed by atoms with Crippen molar-refractivity contribution in [3.05, 3.63) is 76.3 Å². The number of hydrogen-bond donors (Lipinski definition) is 0. The molecule has 1 amide bonds. The third-order valence-electron chi connectivity index (χ3n) is 4.92. The van der Waals surface area contributed by atoms with E-state index in [1.54, 1.807) is 13.0 Å². The van der Waals surface area contributed by atoms with Crippen molar-refractivity contribution in [1.82, 2.24) is 4.90 Å². The molecule has 4 rings (SSSR count). The number of amides is 1. The lowest BCUT2D eigenvalue weighted by Crippen LogP contribution is -2.41. The zero-order chi connectivity index (χ0) is 18.8. The standard InChI is InChI=1S/C22H21NO4/c1-15-13-18(14-21(24)26-15)27-17-9-11-23(12-10-17)22(25)20-8-4-6-16-5-2-3-7-19(16)20/h2-8,13-14,17H,9-12H2,1H3. The fraction of sp³-hybridized carbons (Fsp3) is 0.273. The van der Waals surface area contributed by atoms with Crippen molar-refractivity contribution in [3.63, 3.8) is 0 Å². The van der Waals surface area contributed by atoms with Crippen molar-refractivity contribution in [2.24, 2.45) is 0 Å². The number of hydrogen-bond acceptors (Lipinski definition) is 4. The first kappa shape index (κ1) is 17.3. The van der Waals surface area contributed by atoms with Crippen molar-refractivity contribution in [1.29, 1.82) is 0 Å². The van der Waals surface area contributed by atoms with Gasteiger partial charge in [-0.2, -0.15) is 0 Å². The van der Waals surface area contributed by atoms with E-state index in [-0.39, 0.29) is 12.0 Å². The van der Waals surface area contributed by atoms with Crippen LogP contribution in [0.5, 0.6) is 5.75 Å². The summed E-state index contributed by atoms with van der Waals surface area (Å²) in [7, 11) is 0. The van der Waals surface area contributed by atoms with Crippen LogP contribution in [0.1, 0.15) is 29.0 Å². The fourth-order valence-electron chi connectivity index (χ4n) is 3.60. The van der Waals surface area contributed by atoms with E-state index in [0.717, 1.165) is 29.2 Å². The maximum Gasteiger partial charge on any atom is 0.339 e. The molecule has 1 fully saturated rings. The van der Waals surface area contributed by atoms with E-state index in [0.29, 0.717) is 24.6 Å². The van der Waals surface area contributed by atoms with Gasteiger partial charge < -0.3 is 14.1 Å². The van der Waals surface area contributed by atoms with Gasteiger partial charge in [-0.05, 0) is 23.8 Å². The first-order chi connectivity index (χ1) is 13.1. The van der Waals surface area contributed by atoms with Crippen LogP contribution in [0, 0.1) is 6.92 Å². The lowest BCUT2D eigenvalue weighted by Gasteiger charge is -2.32. The number of rotatable bonds is 3. The van der Waals surface area contributed by atoms with Gasteiger partial charge >= 0.3 is 5.63 Å². The summed E-state index contributed by atoms with van der Waals surface area (Å²) in [4.78, 5) is 26.3. The van der Waals surface area contributed by atoms with Crippen LogP contribution in [0.25, 0.3) is 10.8 Å². The molecule has 0 radical (unpaired) electrons. The minimum Gasteiger partial charge on any atom is -0.490 e. The Morgan fingerprint density at radius 1 is 1.07 bits per heavy atom. The van der Waals surface area contributed by atoms with Crippen molar-refractivity contribution in [3.8, 4) is 5.75 Å². The van der Waals surface area contributed by atoms with Gasteiger partial charge in [0, 0.05) is 37.6 Å². The van der Waals surface area contributed by atoms with Crippen LogP contribution in [-0.4, -0.2) is 30.0 Å². The molecule has 1 aliphatic rings. The van der Waals surface area contributed by atoms with Crippen LogP contribution < -0.4 is 10.4 Å². The minimum atomic E-state index is -0.409. The predicted molar refractivity (Wildman–Crippen MR) is 103 cm³/mol. The van der Waals surface area contributed by atoms with E-state index in [1.165, 1.54) is 6.07 Å². The summed E-state index contributed by atoms with van der Waals surface area (Å²) in [5.74, 6) is 1.12. The Morgan fingerprint density at radius 2 is 1.81 bits per heavy atom. The molecule has 2 heterocycles. The molecule has 0 atom stereocenters. The number of benzene rings is 2.